The van der Waals surface area contributed by atoms with Crippen LogP contribution in [0.3, 0.4) is 0 Å². The van der Waals surface area contributed by atoms with Gasteiger partial charge in [0.15, 0.2) is 0 Å². The number of rotatable bonds is 3. The van der Waals surface area contributed by atoms with E-state index in [0.29, 0.717) is 0 Å². The summed E-state index contributed by atoms with van der Waals surface area (Å²) < 4.78 is 5.21. The predicted molar refractivity (Wildman–Crippen MR) is 47.6 cm³/mol. The van der Waals surface area contributed by atoms with Crippen molar-refractivity contribution in [3.8, 4) is 0 Å². The molecule has 6 nitrogen and oxygen atoms in total. The normalized spacial score (nSPS) is 24.6. The molecule has 1 aromatic rings. The summed E-state index contributed by atoms with van der Waals surface area (Å²) in [5, 5.41) is 13.3. The van der Waals surface area contributed by atoms with Crippen molar-refractivity contribution in [1.29, 1.82) is 0 Å². The highest BCUT2D eigenvalue weighted by atomic mass is 16.6. The molecule has 1 fully saturated rings. The van der Waals surface area contributed by atoms with E-state index in [4.69, 9.17) is 4.74 Å². The van der Waals surface area contributed by atoms with Gasteiger partial charge in [0.2, 0.25) is 0 Å². The topological polar surface area (TPSA) is 80.6 Å². The minimum atomic E-state index is -0.472. The Hall–Kier alpha value is -1.53. The molecule has 0 spiro atoms. The van der Waals surface area contributed by atoms with Crippen LogP contribution in [0, 0.1) is 10.1 Å². The zero-order valence-corrected chi connectivity index (χ0v) is 7.51. The average Bonchev–Trinajstić information content (AvgIpc) is 2.97. The SMILES string of the molecule is CNC1OC1c1ccc([N+](=O)[O-])cn1. The first kappa shape index (κ1) is 9.04. The Morgan fingerprint density at radius 2 is 2.43 bits per heavy atom. The lowest BCUT2D eigenvalue weighted by molar-refractivity contribution is -0.385. The summed E-state index contributed by atoms with van der Waals surface area (Å²) in [6.45, 7) is 0. The average molecular weight is 195 g/mol. The lowest BCUT2D eigenvalue weighted by atomic mass is 10.2. The van der Waals surface area contributed by atoms with Crippen LogP contribution in [-0.2, 0) is 4.74 Å². The third-order valence-corrected chi connectivity index (χ3v) is 2.05. The Labute approximate surface area is 80.1 Å². The maximum absolute atomic E-state index is 10.3. The first-order chi connectivity index (χ1) is 6.72. The Balaban J connectivity index is 2.11. The predicted octanol–water partition coefficient (Wildman–Crippen LogP) is 0.607. The molecule has 2 heterocycles. The third kappa shape index (κ3) is 1.57. The molecule has 1 aliphatic rings. The van der Waals surface area contributed by atoms with E-state index in [1.807, 2.05) is 0 Å². The lowest BCUT2D eigenvalue weighted by Crippen LogP contribution is -2.10. The zero-order valence-electron chi connectivity index (χ0n) is 7.51. The molecule has 1 saturated heterocycles. The van der Waals surface area contributed by atoms with Crippen molar-refractivity contribution in [2.45, 2.75) is 12.3 Å². The van der Waals surface area contributed by atoms with Gasteiger partial charge >= 0.3 is 0 Å². The van der Waals surface area contributed by atoms with Crippen molar-refractivity contribution < 1.29 is 9.66 Å². The number of likely N-dealkylation sites (N-methyl/N-ethyl adjacent to an activating group) is 1. The van der Waals surface area contributed by atoms with Crippen molar-refractivity contribution in [2.24, 2.45) is 0 Å². The van der Waals surface area contributed by atoms with E-state index in [1.165, 1.54) is 12.3 Å². The maximum atomic E-state index is 10.3. The number of pyridine rings is 1. The number of aromatic nitrogens is 1. The first-order valence-corrected chi connectivity index (χ1v) is 4.15. The number of hydrogen-bond donors (Lipinski definition) is 1. The van der Waals surface area contributed by atoms with Crippen molar-refractivity contribution >= 4 is 5.69 Å². The molecule has 0 bridgehead atoms. The largest absolute Gasteiger partial charge is 0.346 e. The molecule has 2 atom stereocenters. The molecular weight excluding hydrogens is 186 g/mol. The van der Waals surface area contributed by atoms with E-state index in [-0.39, 0.29) is 18.0 Å². The first-order valence-electron chi connectivity index (χ1n) is 4.15. The van der Waals surface area contributed by atoms with E-state index in [1.54, 1.807) is 13.1 Å². The van der Waals surface area contributed by atoms with Crippen LogP contribution in [0.15, 0.2) is 18.3 Å². The highest BCUT2D eigenvalue weighted by molar-refractivity contribution is 5.28. The van der Waals surface area contributed by atoms with Crippen LogP contribution in [0.2, 0.25) is 0 Å². The van der Waals surface area contributed by atoms with Crippen LogP contribution in [0.5, 0.6) is 0 Å². The molecule has 74 valence electrons. The molecule has 6 heteroatoms. The highest BCUT2D eigenvalue weighted by Crippen LogP contribution is 2.35. The van der Waals surface area contributed by atoms with E-state index in [0.717, 1.165) is 5.69 Å². The molecule has 0 saturated carbocycles. The van der Waals surface area contributed by atoms with Gasteiger partial charge in [0.05, 0.1) is 10.6 Å². The second kappa shape index (κ2) is 3.32. The van der Waals surface area contributed by atoms with Crippen LogP contribution < -0.4 is 5.32 Å². The molecule has 2 unspecified atom stereocenters. The molecule has 1 N–H and O–H groups in total. The van der Waals surface area contributed by atoms with Gasteiger partial charge < -0.3 is 4.74 Å². The Morgan fingerprint density at radius 3 is 2.86 bits per heavy atom. The van der Waals surface area contributed by atoms with Crippen LogP contribution in [-0.4, -0.2) is 23.2 Å². The van der Waals surface area contributed by atoms with Crippen LogP contribution >= 0.6 is 0 Å². The van der Waals surface area contributed by atoms with Gasteiger partial charge in [-0.25, -0.2) is 0 Å². The van der Waals surface area contributed by atoms with Crippen LogP contribution in [0.25, 0.3) is 0 Å². The number of nitro groups is 1. The van der Waals surface area contributed by atoms with Crippen molar-refractivity contribution in [3.05, 3.63) is 34.1 Å². The summed E-state index contributed by atoms with van der Waals surface area (Å²) in [7, 11) is 1.79. The van der Waals surface area contributed by atoms with E-state index in [2.05, 4.69) is 10.3 Å². The Morgan fingerprint density at radius 1 is 1.64 bits per heavy atom. The third-order valence-electron chi connectivity index (χ3n) is 2.05. The summed E-state index contributed by atoms with van der Waals surface area (Å²) in [5.74, 6) is 0. The van der Waals surface area contributed by atoms with E-state index in [9.17, 15) is 10.1 Å². The molecule has 1 aromatic heterocycles. The number of ether oxygens (including phenoxy) is 1. The van der Waals surface area contributed by atoms with Gasteiger partial charge in [-0.05, 0) is 13.1 Å². The van der Waals surface area contributed by atoms with Gasteiger partial charge in [0, 0.05) is 6.07 Å². The molecule has 14 heavy (non-hydrogen) atoms. The van der Waals surface area contributed by atoms with Gasteiger partial charge in [-0.3, -0.25) is 20.4 Å². The minimum absolute atomic E-state index is 0.00425. The number of epoxide rings is 1. The van der Waals surface area contributed by atoms with Crippen LogP contribution in [0.1, 0.15) is 11.8 Å². The number of nitrogens with zero attached hydrogens (tertiary/aromatic N) is 2. The second-order valence-electron chi connectivity index (χ2n) is 2.96. The van der Waals surface area contributed by atoms with Gasteiger partial charge in [-0.15, -0.1) is 0 Å². The standard InChI is InChI=1S/C8H9N3O3/c1-9-8-7(14-8)6-3-2-5(4-10-6)11(12)13/h2-4,7-9H,1H3. The van der Waals surface area contributed by atoms with Gasteiger partial charge in [-0.2, -0.15) is 0 Å². The van der Waals surface area contributed by atoms with Crippen molar-refractivity contribution in [3.63, 3.8) is 0 Å². The summed E-state index contributed by atoms with van der Waals surface area (Å²) in [6, 6.07) is 3.04. The van der Waals surface area contributed by atoms with Gasteiger partial charge in [0.25, 0.3) is 5.69 Å². The smallest absolute Gasteiger partial charge is 0.287 e. The van der Waals surface area contributed by atoms with Gasteiger partial charge in [0.1, 0.15) is 18.5 Å². The molecular formula is C8H9N3O3. The maximum Gasteiger partial charge on any atom is 0.287 e. The van der Waals surface area contributed by atoms with E-state index < -0.39 is 4.92 Å². The summed E-state index contributed by atoms with van der Waals surface area (Å²) in [4.78, 5) is 13.8. The molecule has 0 aromatic carbocycles. The van der Waals surface area contributed by atoms with Gasteiger partial charge in [-0.1, -0.05) is 0 Å². The number of nitrogens with one attached hydrogen (secondary N) is 1. The molecule has 0 aliphatic carbocycles. The second-order valence-corrected chi connectivity index (χ2v) is 2.96. The summed E-state index contributed by atoms with van der Waals surface area (Å²) in [6.07, 6.45) is 1.16. The summed E-state index contributed by atoms with van der Waals surface area (Å²) >= 11 is 0. The molecule has 2 rings (SSSR count). The van der Waals surface area contributed by atoms with Crippen LogP contribution in [0.4, 0.5) is 5.69 Å². The fourth-order valence-corrected chi connectivity index (χ4v) is 1.23. The molecule has 0 radical (unpaired) electrons. The zero-order chi connectivity index (χ0) is 10.1. The van der Waals surface area contributed by atoms with Crippen molar-refractivity contribution in [1.82, 2.24) is 10.3 Å². The molecule has 1 aliphatic heterocycles. The fourth-order valence-electron chi connectivity index (χ4n) is 1.23. The Kier molecular flexibility index (Phi) is 2.14. The highest BCUT2D eigenvalue weighted by Gasteiger charge is 2.40. The quantitative estimate of drug-likeness (QED) is 0.434. The Bertz CT molecular complexity index is 351. The fraction of sp³-hybridized carbons (Fsp3) is 0.375. The number of hydrogen-bond acceptors (Lipinski definition) is 5. The monoisotopic (exact) mass is 195 g/mol. The minimum Gasteiger partial charge on any atom is -0.346 e. The lowest BCUT2D eigenvalue weighted by Gasteiger charge is -1.94. The van der Waals surface area contributed by atoms with E-state index >= 15 is 0 Å². The molecule has 0 amide bonds. The van der Waals surface area contributed by atoms with Crippen molar-refractivity contribution in [2.75, 3.05) is 7.05 Å². The summed E-state index contributed by atoms with van der Waals surface area (Å²) in [5.41, 5.74) is 0.713.